The monoisotopic (exact) mass is 433 g/mol. The average Bonchev–Trinajstić information content (AvgIpc) is 2.78. The summed E-state index contributed by atoms with van der Waals surface area (Å²) in [5.74, 6) is 0.309. The maximum atomic E-state index is 13.7. The minimum absolute atomic E-state index is 0.0971. The van der Waals surface area contributed by atoms with Crippen LogP contribution < -0.4 is 25.0 Å². The Labute approximate surface area is 177 Å². The number of nitrogens with one attached hydrogen (secondary N) is 2. The lowest BCUT2D eigenvalue weighted by Crippen LogP contribution is -2.43. The van der Waals surface area contributed by atoms with Crippen LogP contribution in [0.3, 0.4) is 0 Å². The van der Waals surface area contributed by atoms with Gasteiger partial charge in [0.1, 0.15) is 0 Å². The molecule has 164 valence electrons. The Bertz CT molecular complexity index is 1070. The second kappa shape index (κ2) is 8.46. The summed E-state index contributed by atoms with van der Waals surface area (Å²) in [5.41, 5.74) is 0.699. The number of alkyl halides is 3. The zero-order valence-electron chi connectivity index (χ0n) is 17.1. The molecule has 1 saturated heterocycles. The van der Waals surface area contributed by atoms with Gasteiger partial charge in [-0.2, -0.15) is 13.2 Å². The van der Waals surface area contributed by atoms with Crippen molar-refractivity contribution in [3.8, 4) is 11.5 Å². The SMILES string of the molecule is COc1cc2nc(Nc3ccc(N4CCNCC4)cc3)nc(C(F)(F)F)c2cc1OC. The molecular formula is C21H22F3N5O2. The van der Waals surface area contributed by atoms with Gasteiger partial charge in [0.2, 0.25) is 5.95 Å². The maximum Gasteiger partial charge on any atom is 0.434 e. The molecule has 0 unspecified atom stereocenters. The zero-order chi connectivity index (χ0) is 22.0. The molecule has 2 aromatic carbocycles. The number of hydrogen-bond donors (Lipinski definition) is 2. The first-order valence-corrected chi connectivity index (χ1v) is 9.73. The van der Waals surface area contributed by atoms with Crippen LogP contribution in [0.5, 0.6) is 11.5 Å². The first-order valence-electron chi connectivity index (χ1n) is 9.73. The van der Waals surface area contributed by atoms with Gasteiger partial charge in [-0.25, -0.2) is 9.97 Å². The molecule has 1 aromatic heterocycles. The van der Waals surface area contributed by atoms with Crippen molar-refractivity contribution in [2.24, 2.45) is 0 Å². The van der Waals surface area contributed by atoms with E-state index in [0.29, 0.717) is 5.69 Å². The number of benzene rings is 2. The smallest absolute Gasteiger partial charge is 0.434 e. The van der Waals surface area contributed by atoms with E-state index in [9.17, 15) is 13.2 Å². The molecular weight excluding hydrogens is 411 g/mol. The molecule has 0 saturated carbocycles. The molecule has 0 spiro atoms. The van der Waals surface area contributed by atoms with Crippen molar-refractivity contribution in [2.75, 3.05) is 50.6 Å². The quantitative estimate of drug-likeness (QED) is 0.634. The molecule has 1 aliphatic rings. The highest BCUT2D eigenvalue weighted by molar-refractivity contribution is 5.86. The lowest BCUT2D eigenvalue weighted by Gasteiger charge is -2.29. The van der Waals surface area contributed by atoms with Crippen LogP contribution in [0.25, 0.3) is 10.9 Å². The number of halogens is 3. The van der Waals surface area contributed by atoms with Crippen LogP contribution in [-0.4, -0.2) is 50.4 Å². The van der Waals surface area contributed by atoms with Crippen LogP contribution in [0.1, 0.15) is 5.69 Å². The molecule has 0 radical (unpaired) electrons. The fraction of sp³-hybridized carbons (Fsp3) is 0.333. The third-order valence-electron chi connectivity index (χ3n) is 5.08. The van der Waals surface area contributed by atoms with Crippen molar-refractivity contribution in [2.45, 2.75) is 6.18 Å². The summed E-state index contributed by atoms with van der Waals surface area (Å²) in [5, 5.41) is 6.01. The van der Waals surface area contributed by atoms with Gasteiger partial charge in [0.15, 0.2) is 17.2 Å². The van der Waals surface area contributed by atoms with Gasteiger partial charge in [0, 0.05) is 49.0 Å². The molecule has 3 aromatic rings. The predicted molar refractivity (Wildman–Crippen MR) is 112 cm³/mol. The molecule has 0 bridgehead atoms. The molecule has 1 fully saturated rings. The lowest BCUT2D eigenvalue weighted by atomic mass is 10.1. The third kappa shape index (κ3) is 4.43. The number of anilines is 3. The minimum atomic E-state index is -4.66. The van der Waals surface area contributed by atoms with Gasteiger partial charge in [-0.1, -0.05) is 0 Å². The van der Waals surface area contributed by atoms with Gasteiger partial charge in [-0.05, 0) is 30.3 Å². The topological polar surface area (TPSA) is 71.5 Å². The fourth-order valence-corrected chi connectivity index (χ4v) is 3.54. The largest absolute Gasteiger partial charge is 0.493 e. The van der Waals surface area contributed by atoms with Gasteiger partial charge in [0.25, 0.3) is 0 Å². The summed E-state index contributed by atoms with van der Waals surface area (Å²) < 4.78 is 51.5. The van der Waals surface area contributed by atoms with Crippen molar-refractivity contribution in [1.29, 1.82) is 0 Å². The summed E-state index contributed by atoms with van der Waals surface area (Å²) >= 11 is 0. The van der Waals surface area contributed by atoms with E-state index in [-0.39, 0.29) is 28.4 Å². The Hall–Kier alpha value is -3.27. The number of ether oxygens (including phenoxy) is 2. The minimum Gasteiger partial charge on any atom is -0.493 e. The fourth-order valence-electron chi connectivity index (χ4n) is 3.54. The molecule has 0 amide bonds. The van der Waals surface area contributed by atoms with Crippen LogP contribution in [-0.2, 0) is 6.18 Å². The summed E-state index contributed by atoms with van der Waals surface area (Å²) in [6, 6.07) is 10.1. The molecule has 31 heavy (non-hydrogen) atoms. The van der Waals surface area contributed by atoms with Gasteiger partial charge in [-0.15, -0.1) is 0 Å². The summed E-state index contributed by atoms with van der Waals surface area (Å²) in [7, 11) is 2.77. The van der Waals surface area contributed by atoms with E-state index in [1.807, 2.05) is 12.1 Å². The average molecular weight is 433 g/mol. The number of rotatable bonds is 5. The van der Waals surface area contributed by atoms with Crippen LogP contribution >= 0.6 is 0 Å². The van der Waals surface area contributed by atoms with Crippen LogP contribution in [0, 0.1) is 0 Å². The third-order valence-corrected chi connectivity index (χ3v) is 5.08. The predicted octanol–water partition coefficient (Wildman–Crippen LogP) is 3.82. The van der Waals surface area contributed by atoms with E-state index in [4.69, 9.17) is 9.47 Å². The number of fused-ring (bicyclic) bond motifs is 1. The number of nitrogens with zero attached hydrogens (tertiary/aromatic N) is 3. The molecule has 0 atom stereocenters. The van der Waals surface area contributed by atoms with E-state index in [1.54, 1.807) is 12.1 Å². The second-order valence-corrected chi connectivity index (χ2v) is 7.03. The van der Waals surface area contributed by atoms with E-state index in [0.717, 1.165) is 31.9 Å². The van der Waals surface area contributed by atoms with Gasteiger partial charge >= 0.3 is 6.18 Å². The van der Waals surface area contributed by atoms with E-state index < -0.39 is 11.9 Å². The Morgan fingerprint density at radius 3 is 2.23 bits per heavy atom. The van der Waals surface area contributed by atoms with E-state index in [1.165, 1.54) is 26.4 Å². The van der Waals surface area contributed by atoms with Crippen molar-refractivity contribution >= 4 is 28.2 Å². The maximum absolute atomic E-state index is 13.7. The molecule has 7 nitrogen and oxygen atoms in total. The summed E-state index contributed by atoms with van der Waals surface area (Å²) in [6.07, 6.45) is -4.66. The van der Waals surface area contributed by atoms with Crippen molar-refractivity contribution in [3.05, 3.63) is 42.1 Å². The first kappa shape index (κ1) is 21.0. The van der Waals surface area contributed by atoms with Crippen molar-refractivity contribution in [1.82, 2.24) is 15.3 Å². The molecule has 10 heteroatoms. The Kier molecular flexibility index (Phi) is 5.73. The second-order valence-electron chi connectivity index (χ2n) is 7.03. The lowest BCUT2D eigenvalue weighted by molar-refractivity contribution is -0.139. The Morgan fingerprint density at radius 2 is 1.61 bits per heavy atom. The highest BCUT2D eigenvalue weighted by Crippen LogP contribution is 2.39. The summed E-state index contributed by atoms with van der Waals surface area (Å²) in [6.45, 7) is 3.64. The summed E-state index contributed by atoms with van der Waals surface area (Å²) in [4.78, 5) is 10.3. The van der Waals surface area contributed by atoms with Crippen LogP contribution in [0.2, 0.25) is 0 Å². The number of hydrogen-bond acceptors (Lipinski definition) is 7. The first-order chi connectivity index (χ1) is 14.9. The van der Waals surface area contributed by atoms with Crippen LogP contribution in [0.15, 0.2) is 36.4 Å². The van der Waals surface area contributed by atoms with Gasteiger partial charge < -0.3 is 25.0 Å². The number of aromatic nitrogens is 2. The zero-order valence-corrected chi connectivity index (χ0v) is 17.1. The highest BCUT2D eigenvalue weighted by Gasteiger charge is 2.36. The van der Waals surface area contributed by atoms with Crippen LogP contribution in [0.4, 0.5) is 30.5 Å². The van der Waals surface area contributed by atoms with Gasteiger partial charge in [0.05, 0.1) is 19.7 Å². The molecule has 1 aliphatic heterocycles. The highest BCUT2D eigenvalue weighted by atomic mass is 19.4. The number of methoxy groups -OCH3 is 2. The standard InChI is InChI=1S/C21H22F3N5O2/c1-30-17-11-15-16(12-18(17)31-2)27-20(28-19(15)21(22,23)24)26-13-3-5-14(6-4-13)29-9-7-25-8-10-29/h3-6,11-12,25H,7-10H2,1-2H3,(H,26,27,28). The Balaban J connectivity index is 1.68. The molecule has 2 N–H and O–H groups in total. The Morgan fingerprint density at radius 1 is 0.968 bits per heavy atom. The normalized spacial score (nSPS) is 14.5. The van der Waals surface area contributed by atoms with Crippen molar-refractivity contribution < 1.29 is 22.6 Å². The van der Waals surface area contributed by atoms with E-state index in [2.05, 4.69) is 25.5 Å². The van der Waals surface area contributed by atoms with E-state index >= 15 is 0 Å². The molecule has 2 heterocycles. The molecule has 0 aliphatic carbocycles. The van der Waals surface area contributed by atoms with Crippen molar-refractivity contribution in [3.63, 3.8) is 0 Å². The number of piperazine rings is 1. The van der Waals surface area contributed by atoms with Gasteiger partial charge in [-0.3, -0.25) is 0 Å². The molecule has 4 rings (SSSR count).